The number of aryl methyl sites for hydroxylation is 2. The van der Waals surface area contributed by atoms with Crippen LogP contribution in [0.4, 0.5) is 20.7 Å². The van der Waals surface area contributed by atoms with Gasteiger partial charge in [-0.3, -0.25) is 19.8 Å². The Balaban J connectivity index is 1.37. The Bertz CT molecular complexity index is 1890. The fourth-order valence-electron chi connectivity index (χ4n) is 5.57. The Morgan fingerprint density at radius 2 is 1.84 bits per heavy atom. The topological polar surface area (TPSA) is 137 Å². The highest BCUT2D eigenvalue weighted by atomic mass is 19.1. The second-order valence-electron chi connectivity index (χ2n) is 12.1. The molecule has 12 heteroatoms. The third kappa shape index (κ3) is 5.62. The number of rotatable bonds is 6. The van der Waals surface area contributed by atoms with E-state index in [1.807, 2.05) is 27.1 Å². The molecule has 1 unspecified atom stereocenters. The molecule has 0 bridgehead atoms. The number of aromatic nitrogens is 5. The molecule has 0 radical (unpaired) electrons. The predicted molar refractivity (Wildman–Crippen MR) is 162 cm³/mol. The maximum atomic E-state index is 16.3. The monoisotopic (exact) mass is 597 g/mol. The van der Waals surface area contributed by atoms with Crippen LogP contribution in [-0.4, -0.2) is 42.3 Å². The predicted octanol–water partition coefficient (Wildman–Crippen LogP) is 6.47. The average molecular weight is 598 g/mol. The van der Waals surface area contributed by atoms with Crippen molar-refractivity contribution < 1.29 is 23.1 Å². The highest BCUT2D eigenvalue weighted by Crippen LogP contribution is 2.54. The molecule has 3 atom stereocenters. The number of amides is 2. The van der Waals surface area contributed by atoms with E-state index in [4.69, 9.17) is 9.15 Å². The second-order valence-corrected chi connectivity index (χ2v) is 12.1. The molecule has 0 saturated heterocycles. The maximum absolute atomic E-state index is 16.3. The van der Waals surface area contributed by atoms with Crippen LogP contribution in [-0.2, 0) is 16.6 Å². The number of carbonyl (C=O) groups is 2. The van der Waals surface area contributed by atoms with Gasteiger partial charge in [0.15, 0.2) is 5.82 Å². The molecule has 6 rings (SSSR count). The minimum atomic E-state index is -0.814. The zero-order chi connectivity index (χ0) is 31.3. The number of hydrogen-bond acceptors (Lipinski definition) is 8. The van der Waals surface area contributed by atoms with Crippen molar-refractivity contribution in [2.75, 3.05) is 10.6 Å². The van der Waals surface area contributed by atoms with E-state index in [0.717, 1.165) is 5.56 Å². The number of pyridine rings is 2. The summed E-state index contributed by atoms with van der Waals surface area (Å²) in [5.41, 5.74) is 2.03. The van der Waals surface area contributed by atoms with Gasteiger partial charge in [-0.1, -0.05) is 6.92 Å². The van der Waals surface area contributed by atoms with E-state index in [0.29, 0.717) is 39.3 Å². The molecule has 0 spiro atoms. The van der Waals surface area contributed by atoms with Gasteiger partial charge in [-0.05, 0) is 68.3 Å². The molecule has 2 N–H and O–H groups in total. The van der Waals surface area contributed by atoms with Gasteiger partial charge in [0.1, 0.15) is 23.4 Å². The summed E-state index contributed by atoms with van der Waals surface area (Å²) in [4.78, 5) is 39.0. The van der Waals surface area contributed by atoms with Gasteiger partial charge in [0.05, 0.1) is 18.1 Å². The Morgan fingerprint density at radius 1 is 1.05 bits per heavy atom. The lowest BCUT2D eigenvalue weighted by Crippen LogP contribution is -2.27. The summed E-state index contributed by atoms with van der Waals surface area (Å²) >= 11 is 0. The standard InChI is InChI=1S/C32H32FN7O4/c1-16-9-23(30-34-7-8-43-30)35-13-21(16)20-10-18-11-24(38-29(41)26-17(2)25(26)19-12-37-40(6)15-19)36-14-22(18)28(27(20)33)39-31(42)44-32(3,4)5/h7-15,17,25-26H,1-6H3,(H,39,42)(H,36,38,41)/t17?,25-,26+/m1/s1. The lowest BCUT2D eigenvalue weighted by molar-refractivity contribution is -0.117. The molecule has 1 saturated carbocycles. The number of anilines is 2. The zero-order valence-corrected chi connectivity index (χ0v) is 25.2. The Kier molecular flexibility index (Phi) is 7.14. The van der Waals surface area contributed by atoms with E-state index < -0.39 is 17.5 Å². The zero-order valence-electron chi connectivity index (χ0n) is 25.2. The van der Waals surface area contributed by atoms with Crippen LogP contribution in [0.5, 0.6) is 0 Å². The minimum Gasteiger partial charge on any atom is -0.444 e. The summed E-state index contributed by atoms with van der Waals surface area (Å²) in [5, 5.41) is 10.6. The van der Waals surface area contributed by atoms with Crippen LogP contribution >= 0.6 is 0 Å². The van der Waals surface area contributed by atoms with Crippen molar-refractivity contribution in [2.24, 2.45) is 18.9 Å². The van der Waals surface area contributed by atoms with Crippen molar-refractivity contribution in [1.29, 1.82) is 0 Å². The van der Waals surface area contributed by atoms with Gasteiger partial charge < -0.3 is 14.5 Å². The smallest absolute Gasteiger partial charge is 0.412 e. The van der Waals surface area contributed by atoms with Crippen LogP contribution in [0.1, 0.15) is 44.7 Å². The van der Waals surface area contributed by atoms with E-state index in [1.165, 1.54) is 24.9 Å². The van der Waals surface area contributed by atoms with Gasteiger partial charge in [-0.15, -0.1) is 0 Å². The van der Waals surface area contributed by atoms with Crippen molar-refractivity contribution in [3.05, 3.63) is 72.4 Å². The van der Waals surface area contributed by atoms with Crippen LogP contribution in [0.25, 0.3) is 33.5 Å². The van der Waals surface area contributed by atoms with Gasteiger partial charge >= 0.3 is 6.09 Å². The molecular formula is C32H32FN7O4. The van der Waals surface area contributed by atoms with Crippen LogP contribution in [0.15, 0.2) is 59.9 Å². The van der Waals surface area contributed by atoms with E-state index >= 15 is 4.39 Å². The van der Waals surface area contributed by atoms with Crippen molar-refractivity contribution in [1.82, 2.24) is 24.7 Å². The van der Waals surface area contributed by atoms with Crippen LogP contribution in [0, 0.1) is 24.6 Å². The second kappa shape index (κ2) is 10.9. The summed E-state index contributed by atoms with van der Waals surface area (Å²) in [6, 6.07) is 5.06. The number of nitrogens with zero attached hydrogens (tertiary/aromatic N) is 5. The first kappa shape index (κ1) is 29.0. The highest BCUT2D eigenvalue weighted by Gasteiger charge is 2.53. The molecule has 4 aromatic heterocycles. The van der Waals surface area contributed by atoms with E-state index in [-0.39, 0.29) is 34.9 Å². The Labute approximate surface area is 252 Å². The molecule has 4 heterocycles. The summed E-state index contributed by atoms with van der Waals surface area (Å²) in [7, 11) is 1.84. The molecule has 1 aromatic carbocycles. The lowest BCUT2D eigenvalue weighted by atomic mass is 9.97. The maximum Gasteiger partial charge on any atom is 0.412 e. The molecule has 1 fully saturated rings. The van der Waals surface area contributed by atoms with E-state index in [9.17, 15) is 9.59 Å². The van der Waals surface area contributed by atoms with Gasteiger partial charge in [-0.25, -0.2) is 19.2 Å². The summed E-state index contributed by atoms with van der Waals surface area (Å²) in [6.07, 6.45) is 8.82. The molecule has 2 amide bonds. The van der Waals surface area contributed by atoms with E-state index in [2.05, 4.69) is 30.7 Å². The fourth-order valence-corrected chi connectivity index (χ4v) is 5.57. The number of fused-ring (bicyclic) bond motifs is 1. The number of hydrogen-bond donors (Lipinski definition) is 2. The first-order valence-electron chi connectivity index (χ1n) is 14.2. The van der Waals surface area contributed by atoms with Crippen LogP contribution < -0.4 is 10.6 Å². The largest absolute Gasteiger partial charge is 0.444 e. The first-order valence-corrected chi connectivity index (χ1v) is 14.2. The molecule has 0 aliphatic heterocycles. The fraction of sp³-hybridized carbons (Fsp3) is 0.312. The number of ether oxygens (including phenoxy) is 1. The van der Waals surface area contributed by atoms with Crippen molar-refractivity contribution in [2.45, 2.75) is 46.1 Å². The molecular weight excluding hydrogens is 565 g/mol. The molecule has 44 heavy (non-hydrogen) atoms. The molecule has 226 valence electrons. The van der Waals surface area contributed by atoms with Gasteiger partial charge in [0, 0.05) is 54.0 Å². The molecule has 5 aromatic rings. The summed E-state index contributed by atoms with van der Waals surface area (Å²) in [5.74, 6) is -0.184. The van der Waals surface area contributed by atoms with Crippen molar-refractivity contribution in [3.8, 4) is 22.7 Å². The summed E-state index contributed by atoms with van der Waals surface area (Å²) in [6.45, 7) is 9.01. The SMILES string of the molecule is Cc1cc(-c2ncco2)ncc1-c1cc2cc(NC(=O)[C@H]3C(C)[C@@H]3c3cnn(C)c3)ncc2c(NC(=O)OC(C)(C)C)c1F. The van der Waals surface area contributed by atoms with Crippen molar-refractivity contribution in [3.63, 3.8) is 0 Å². The average Bonchev–Trinajstić information content (AvgIpc) is 3.28. The third-order valence-corrected chi connectivity index (χ3v) is 7.68. The number of oxazole rings is 1. The number of halogens is 1. The van der Waals surface area contributed by atoms with Gasteiger partial charge in [-0.2, -0.15) is 5.10 Å². The van der Waals surface area contributed by atoms with E-state index in [1.54, 1.807) is 49.8 Å². The number of nitrogens with one attached hydrogen (secondary N) is 2. The Morgan fingerprint density at radius 3 is 2.50 bits per heavy atom. The van der Waals surface area contributed by atoms with Crippen molar-refractivity contribution >= 4 is 34.3 Å². The highest BCUT2D eigenvalue weighted by molar-refractivity contribution is 6.05. The number of benzene rings is 1. The normalized spacial score (nSPS) is 17.8. The molecule has 1 aliphatic rings. The third-order valence-electron chi connectivity index (χ3n) is 7.68. The molecule has 11 nitrogen and oxygen atoms in total. The first-order chi connectivity index (χ1) is 20.9. The number of carbonyl (C=O) groups excluding carboxylic acids is 2. The molecule has 1 aliphatic carbocycles. The van der Waals surface area contributed by atoms with Crippen LogP contribution in [0.3, 0.4) is 0 Å². The van der Waals surface area contributed by atoms with Gasteiger partial charge in [0.2, 0.25) is 11.8 Å². The summed E-state index contributed by atoms with van der Waals surface area (Å²) < 4.78 is 28.8. The van der Waals surface area contributed by atoms with Gasteiger partial charge in [0.25, 0.3) is 0 Å². The van der Waals surface area contributed by atoms with Crippen LogP contribution in [0.2, 0.25) is 0 Å². The quantitative estimate of drug-likeness (QED) is 0.227. The minimum absolute atomic E-state index is 0.0734. The Hall–Kier alpha value is -5.13. The lowest BCUT2D eigenvalue weighted by Gasteiger charge is -2.21.